The normalized spacial score (nSPS) is 11.6. The van der Waals surface area contributed by atoms with Crippen molar-refractivity contribution in [3.05, 3.63) is 67.3 Å². The maximum Gasteiger partial charge on any atom is 0.252 e. The fourth-order valence-electron chi connectivity index (χ4n) is 1.81. The van der Waals surface area contributed by atoms with Gasteiger partial charge >= 0.3 is 0 Å². The van der Waals surface area contributed by atoms with Crippen LogP contribution < -0.4 is 0 Å². The third-order valence-electron chi connectivity index (χ3n) is 2.70. The minimum atomic E-state index is -0.318. The molecule has 98 valence electrons. The molecule has 0 aliphatic carbocycles. The van der Waals surface area contributed by atoms with Crippen molar-refractivity contribution in [1.29, 1.82) is 0 Å². The lowest BCUT2D eigenvalue weighted by Gasteiger charge is -1.99. The zero-order valence-electron chi connectivity index (χ0n) is 10.8. The Morgan fingerprint density at radius 2 is 2.05 bits per heavy atom. The van der Waals surface area contributed by atoms with E-state index in [1.54, 1.807) is 6.08 Å². The van der Waals surface area contributed by atoms with Gasteiger partial charge in [-0.15, -0.1) is 11.3 Å². The molecule has 0 aliphatic heterocycles. The Bertz CT molecular complexity index is 618. The molecule has 1 heterocycles. The van der Waals surface area contributed by atoms with Crippen molar-refractivity contribution in [2.75, 3.05) is 0 Å². The summed E-state index contributed by atoms with van der Waals surface area (Å²) in [6, 6.07) is 9.45. The van der Waals surface area contributed by atoms with Crippen molar-refractivity contribution in [2.24, 2.45) is 0 Å². The highest BCUT2D eigenvalue weighted by atomic mass is 32.1. The van der Waals surface area contributed by atoms with E-state index in [0.717, 1.165) is 21.1 Å². The molecule has 0 radical (unpaired) electrons. The van der Waals surface area contributed by atoms with Crippen molar-refractivity contribution in [3.63, 3.8) is 0 Å². The van der Waals surface area contributed by atoms with Crippen molar-refractivity contribution >= 4 is 17.4 Å². The number of nitrogens with zero attached hydrogens (tertiary/aromatic N) is 2. The number of rotatable bonds is 4. The monoisotopic (exact) mass is 274 g/mol. The van der Waals surface area contributed by atoms with Gasteiger partial charge in [0.05, 0.1) is 26.9 Å². The topological polar surface area (TPSA) is 56.0 Å². The van der Waals surface area contributed by atoms with Gasteiger partial charge in [-0.25, -0.2) is 4.98 Å². The molecule has 0 bridgehead atoms. The maximum atomic E-state index is 11.1. The zero-order chi connectivity index (χ0) is 13.8. The molecule has 0 unspecified atom stereocenters. The largest absolute Gasteiger partial charge is 0.259 e. The first-order chi connectivity index (χ1) is 9.06. The Hall–Kier alpha value is -2.01. The van der Waals surface area contributed by atoms with Gasteiger partial charge in [0.2, 0.25) is 0 Å². The SMILES string of the molecule is Cc1nc(C)c(/C=C(/Cc2ccccc2)[N+](=O)[O-])s1. The second-order valence-electron chi connectivity index (χ2n) is 4.24. The molecule has 0 aliphatic rings. The standard InChI is InChI=1S/C14H14N2O2S/c1-10-14(19-11(2)15-10)9-13(16(17)18)8-12-6-4-3-5-7-12/h3-7,9H,8H2,1-2H3/b13-9-. The third kappa shape index (κ3) is 3.48. The maximum absolute atomic E-state index is 11.1. The summed E-state index contributed by atoms with van der Waals surface area (Å²) in [6.45, 7) is 3.77. The molecule has 0 atom stereocenters. The van der Waals surface area contributed by atoms with Crippen LogP contribution in [0.4, 0.5) is 0 Å². The van der Waals surface area contributed by atoms with Gasteiger partial charge in [0.1, 0.15) is 0 Å². The van der Waals surface area contributed by atoms with Crippen LogP contribution in [-0.4, -0.2) is 9.91 Å². The van der Waals surface area contributed by atoms with Crippen LogP contribution in [0.1, 0.15) is 21.1 Å². The van der Waals surface area contributed by atoms with E-state index < -0.39 is 0 Å². The van der Waals surface area contributed by atoms with E-state index in [4.69, 9.17) is 0 Å². The number of thiazole rings is 1. The fourth-order valence-corrected chi connectivity index (χ4v) is 2.69. The molecular weight excluding hydrogens is 260 g/mol. The van der Waals surface area contributed by atoms with Gasteiger partial charge in [-0.2, -0.15) is 0 Å². The van der Waals surface area contributed by atoms with Gasteiger partial charge in [0.25, 0.3) is 5.70 Å². The quantitative estimate of drug-likeness (QED) is 0.632. The number of aryl methyl sites for hydroxylation is 2. The predicted molar refractivity (Wildman–Crippen MR) is 76.7 cm³/mol. The zero-order valence-corrected chi connectivity index (χ0v) is 11.6. The first-order valence-corrected chi connectivity index (χ1v) is 6.71. The van der Waals surface area contributed by atoms with E-state index in [1.165, 1.54) is 11.3 Å². The molecule has 0 N–H and O–H groups in total. The van der Waals surface area contributed by atoms with E-state index in [1.807, 2.05) is 44.2 Å². The van der Waals surface area contributed by atoms with Crippen LogP contribution in [0.2, 0.25) is 0 Å². The predicted octanol–water partition coefficient (Wildman–Crippen LogP) is 3.62. The lowest BCUT2D eigenvalue weighted by atomic mass is 10.1. The van der Waals surface area contributed by atoms with E-state index in [-0.39, 0.29) is 10.6 Å². The second kappa shape index (κ2) is 5.75. The number of nitro groups is 1. The Balaban J connectivity index is 2.31. The molecule has 0 fully saturated rings. The summed E-state index contributed by atoms with van der Waals surface area (Å²) in [4.78, 5) is 16.0. The molecule has 1 aromatic heterocycles. The van der Waals surface area contributed by atoms with E-state index in [2.05, 4.69) is 4.98 Å². The Labute approximate surface area is 115 Å². The number of benzene rings is 1. The summed E-state index contributed by atoms with van der Waals surface area (Å²) in [7, 11) is 0. The Morgan fingerprint density at radius 3 is 2.58 bits per heavy atom. The smallest absolute Gasteiger partial charge is 0.252 e. The van der Waals surface area contributed by atoms with E-state index in [9.17, 15) is 10.1 Å². The Morgan fingerprint density at radius 1 is 1.37 bits per heavy atom. The van der Waals surface area contributed by atoms with Gasteiger partial charge in [-0.05, 0) is 19.4 Å². The summed E-state index contributed by atoms with van der Waals surface area (Å²) in [5, 5.41) is 12.1. The van der Waals surface area contributed by atoms with E-state index >= 15 is 0 Å². The lowest BCUT2D eigenvalue weighted by molar-refractivity contribution is -0.425. The molecule has 0 spiro atoms. The highest BCUT2D eigenvalue weighted by molar-refractivity contribution is 7.12. The van der Waals surface area contributed by atoms with Gasteiger partial charge in [0, 0.05) is 6.08 Å². The van der Waals surface area contributed by atoms with Gasteiger partial charge < -0.3 is 0 Å². The minimum Gasteiger partial charge on any atom is -0.259 e. The fraction of sp³-hybridized carbons (Fsp3) is 0.214. The van der Waals surface area contributed by atoms with Crippen LogP contribution in [0.15, 0.2) is 36.0 Å². The molecule has 0 amide bonds. The molecular formula is C14H14N2O2S. The summed E-state index contributed by atoms with van der Waals surface area (Å²) in [5.41, 5.74) is 1.97. The van der Waals surface area contributed by atoms with Gasteiger partial charge in [-0.3, -0.25) is 10.1 Å². The van der Waals surface area contributed by atoms with Crippen LogP contribution in [0.5, 0.6) is 0 Å². The van der Waals surface area contributed by atoms with Crippen LogP contribution in [0, 0.1) is 24.0 Å². The molecule has 2 aromatic rings. The number of hydrogen-bond acceptors (Lipinski definition) is 4. The molecule has 0 saturated heterocycles. The summed E-state index contributed by atoms with van der Waals surface area (Å²) >= 11 is 1.48. The van der Waals surface area contributed by atoms with Crippen LogP contribution in [-0.2, 0) is 6.42 Å². The first-order valence-electron chi connectivity index (χ1n) is 5.89. The van der Waals surface area contributed by atoms with Gasteiger partial charge in [-0.1, -0.05) is 30.3 Å². The van der Waals surface area contributed by atoms with Crippen LogP contribution in [0.25, 0.3) is 6.08 Å². The lowest BCUT2D eigenvalue weighted by Crippen LogP contribution is -2.02. The van der Waals surface area contributed by atoms with Crippen LogP contribution >= 0.6 is 11.3 Å². The number of aromatic nitrogens is 1. The van der Waals surface area contributed by atoms with Crippen molar-refractivity contribution < 1.29 is 4.92 Å². The average Bonchev–Trinajstić information content (AvgIpc) is 2.68. The summed E-state index contributed by atoms with van der Waals surface area (Å²) < 4.78 is 0. The highest BCUT2D eigenvalue weighted by Crippen LogP contribution is 2.22. The molecule has 19 heavy (non-hydrogen) atoms. The average molecular weight is 274 g/mol. The molecule has 4 nitrogen and oxygen atoms in total. The summed E-state index contributed by atoms with van der Waals surface area (Å²) in [6.07, 6.45) is 1.96. The van der Waals surface area contributed by atoms with Crippen molar-refractivity contribution in [2.45, 2.75) is 20.3 Å². The van der Waals surface area contributed by atoms with Crippen molar-refractivity contribution in [3.8, 4) is 0 Å². The van der Waals surface area contributed by atoms with E-state index in [0.29, 0.717) is 6.42 Å². The summed E-state index contributed by atoms with van der Waals surface area (Å²) in [5.74, 6) is 0. The second-order valence-corrected chi connectivity index (χ2v) is 5.47. The molecule has 1 aromatic carbocycles. The highest BCUT2D eigenvalue weighted by Gasteiger charge is 2.14. The molecule has 2 rings (SSSR count). The number of hydrogen-bond donors (Lipinski definition) is 0. The minimum absolute atomic E-state index is 0.193. The van der Waals surface area contributed by atoms with Crippen LogP contribution in [0.3, 0.4) is 0 Å². The first kappa shape index (κ1) is 13.4. The van der Waals surface area contributed by atoms with Crippen molar-refractivity contribution in [1.82, 2.24) is 4.98 Å². The third-order valence-corrected chi connectivity index (χ3v) is 3.72. The molecule has 0 saturated carbocycles. The van der Waals surface area contributed by atoms with Gasteiger partial charge in [0.15, 0.2) is 0 Å². The molecule has 5 heteroatoms. The number of allylic oxidation sites excluding steroid dienone is 1. The Kier molecular flexibility index (Phi) is 4.06.